The van der Waals surface area contributed by atoms with Crippen LogP contribution in [0.25, 0.3) is 0 Å². The van der Waals surface area contributed by atoms with E-state index in [2.05, 4.69) is 38.5 Å². The van der Waals surface area contributed by atoms with Crippen molar-refractivity contribution in [1.82, 2.24) is 10.3 Å². The highest BCUT2D eigenvalue weighted by molar-refractivity contribution is 9.10. The highest BCUT2D eigenvalue weighted by Crippen LogP contribution is 2.22. The highest BCUT2D eigenvalue weighted by Gasteiger charge is 2.24. The molecule has 1 aliphatic carbocycles. The van der Waals surface area contributed by atoms with Gasteiger partial charge < -0.3 is 20.5 Å². The number of hydrogen-bond acceptors (Lipinski definition) is 6. The van der Waals surface area contributed by atoms with Gasteiger partial charge >= 0.3 is 5.97 Å². The van der Waals surface area contributed by atoms with Crippen LogP contribution < -0.4 is 10.6 Å². The number of aliphatic hydroxyl groups excluding tert-OH is 1. The predicted molar refractivity (Wildman–Crippen MR) is 106 cm³/mol. The molecular formula is C19H30BrN3O3. The molecule has 1 aromatic rings. The normalized spacial score (nSPS) is 17.5. The van der Waals surface area contributed by atoms with Crippen LogP contribution in [0.15, 0.2) is 16.7 Å². The molecule has 6 nitrogen and oxygen atoms in total. The molecule has 1 fully saturated rings. The van der Waals surface area contributed by atoms with Gasteiger partial charge in [-0.2, -0.15) is 0 Å². The Labute approximate surface area is 164 Å². The lowest BCUT2D eigenvalue weighted by molar-refractivity contribution is 0.0601. The van der Waals surface area contributed by atoms with Gasteiger partial charge in [-0.3, -0.25) is 0 Å². The Balaban J connectivity index is 2.01. The molecule has 1 aliphatic rings. The number of halogens is 1. The van der Waals surface area contributed by atoms with Crippen LogP contribution in [0.3, 0.4) is 0 Å². The van der Waals surface area contributed by atoms with E-state index in [0.717, 1.165) is 6.42 Å². The summed E-state index contributed by atoms with van der Waals surface area (Å²) in [6.07, 6.45) is 8.89. The standard InChI is InChI=1S/C19H30BrN3O3/c1-3-17(23-15-7-5-4-6-8-15)13(12-24)10-21-18-16(19(25)26-2)9-14(20)11-22-18/h9,11,13,15,17,23-24H,3-8,10,12H2,1-2H3,(H,21,22). The lowest BCUT2D eigenvalue weighted by Crippen LogP contribution is -2.46. The first-order valence-corrected chi connectivity index (χ1v) is 10.2. The Morgan fingerprint density at radius 3 is 2.77 bits per heavy atom. The van der Waals surface area contributed by atoms with Gasteiger partial charge in [-0.15, -0.1) is 0 Å². The Hall–Kier alpha value is -1.18. The van der Waals surface area contributed by atoms with E-state index in [9.17, 15) is 9.90 Å². The third-order valence-electron chi connectivity index (χ3n) is 5.09. The Morgan fingerprint density at radius 1 is 1.42 bits per heavy atom. The van der Waals surface area contributed by atoms with Crippen molar-refractivity contribution in [2.45, 2.75) is 57.5 Å². The monoisotopic (exact) mass is 427 g/mol. The van der Waals surface area contributed by atoms with Crippen LogP contribution in [0.4, 0.5) is 5.82 Å². The van der Waals surface area contributed by atoms with Gasteiger partial charge in [0, 0.05) is 41.8 Å². The number of pyridine rings is 1. The number of anilines is 1. The molecule has 7 heteroatoms. The van der Waals surface area contributed by atoms with Crippen LogP contribution in [0.5, 0.6) is 0 Å². The summed E-state index contributed by atoms with van der Waals surface area (Å²) in [6.45, 7) is 2.75. The van der Waals surface area contributed by atoms with Crippen molar-refractivity contribution in [3.05, 3.63) is 22.3 Å². The van der Waals surface area contributed by atoms with Gasteiger partial charge in [0.15, 0.2) is 0 Å². The summed E-state index contributed by atoms with van der Waals surface area (Å²) in [5.41, 5.74) is 0.381. The number of methoxy groups -OCH3 is 1. The molecule has 0 radical (unpaired) electrons. The largest absolute Gasteiger partial charge is 0.465 e. The van der Waals surface area contributed by atoms with Gasteiger partial charge in [-0.25, -0.2) is 9.78 Å². The van der Waals surface area contributed by atoms with Crippen molar-refractivity contribution < 1.29 is 14.6 Å². The van der Waals surface area contributed by atoms with Crippen molar-refractivity contribution in [1.29, 1.82) is 0 Å². The van der Waals surface area contributed by atoms with E-state index in [4.69, 9.17) is 4.74 Å². The van der Waals surface area contributed by atoms with Crippen LogP contribution in [-0.4, -0.2) is 48.4 Å². The fourth-order valence-electron chi connectivity index (χ4n) is 3.57. The molecule has 3 N–H and O–H groups in total. The highest BCUT2D eigenvalue weighted by atomic mass is 79.9. The van der Waals surface area contributed by atoms with Gasteiger partial charge in [0.05, 0.1) is 7.11 Å². The zero-order chi connectivity index (χ0) is 18.9. The fraction of sp³-hybridized carbons (Fsp3) is 0.684. The van der Waals surface area contributed by atoms with Crippen LogP contribution in [0.1, 0.15) is 55.8 Å². The Morgan fingerprint density at radius 2 is 2.15 bits per heavy atom. The first-order valence-electron chi connectivity index (χ1n) is 9.43. The summed E-state index contributed by atoms with van der Waals surface area (Å²) in [6, 6.07) is 2.46. The molecule has 0 bridgehead atoms. The molecule has 1 saturated carbocycles. The van der Waals surface area contributed by atoms with E-state index in [-0.39, 0.29) is 18.6 Å². The van der Waals surface area contributed by atoms with Gasteiger partial charge in [-0.1, -0.05) is 26.2 Å². The molecule has 2 rings (SSSR count). The number of nitrogens with one attached hydrogen (secondary N) is 2. The van der Waals surface area contributed by atoms with Crippen molar-refractivity contribution in [2.75, 3.05) is 25.6 Å². The van der Waals surface area contributed by atoms with Gasteiger partial charge in [0.1, 0.15) is 11.4 Å². The number of nitrogens with zero attached hydrogens (tertiary/aromatic N) is 1. The predicted octanol–water partition coefficient (Wildman–Crippen LogP) is 3.35. The molecule has 2 atom stereocenters. The summed E-state index contributed by atoms with van der Waals surface area (Å²) < 4.78 is 5.55. The lowest BCUT2D eigenvalue weighted by Gasteiger charge is -2.32. The topological polar surface area (TPSA) is 83.5 Å². The third kappa shape index (κ3) is 5.93. The molecule has 2 unspecified atom stereocenters. The SMILES string of the molecule is CCC(NC1CCCCC1)C(CO)CNc1ncc(Br)cc1C(=O)OC. The number of carbonyl (C=O) groups is 1. The van der Waals surface area contributed by atoms with Crippen molar-refractivity contribution >= 4 is 27.7 Å². The maximum Gasteiger partial charge on any atom is 0.341 e. The lowest BCUT2D eigenvalue weighted by atomic mass is 9.91. The minimum atomic E-state index is -0.436. The van der Waals surface area contributed by atoms with Gasteiger partial charge in [0.2, 0.25) is 0 Å². The van der Waals surface area contributed by atoms with Crippen LogP contribution >= 0.6 is 15.9 Å². The van der Waals surface area contributed by atoms with E-state index < -0.39 is 5.97 Å². The van der Waals surface area contributed by atoms with Crippen molar-refractivity contribution in [3.8, 4) is 0 Å². The van der Waals surface area contributed by atoms with Gasteiger partial charge in [-0.05, 0) is 41.3 Å². The molecular weight excluding hydrogens is 398 g/mol. The Bertz CT molecular complexity index is 579. The molecule has 0 aromatic carbocycles. The molecule has 0 amide bonds. The molecule has 26 heavy (non-hydrogen) atoms. The minimum absolute atomic E-state index is 0.0397. The first-order chi connectivity index (χ1) is 12.6. The Kier molecular flexibility index (Phi) is 8.81. The first kappa shape index (κ1) is 21.1. The number of ether oxygens (including phenoxy) is 1. The second kappa shape index (κ2) is 10.8. The van der Waals surface area contributed by atoms with Crippen molar-refractivity contribution in [3.63, 3.8) is 0 Å². The fourth-order valence-corrected chi connectivity index (χ4v) is 3.90. The molecule has 1 aromatic heterocycles. The number of hydrogen-bond donors (Lipinski definition) is 3. The van der Waals surface area contributed by atoms with Crippen LogP contribution in [0, 0.1) is 5.92 Å². The number of aliphatic hydroxyl groups is 1. The van der Waals surface area contributed by atoms with E-state index in [1.165, 1.54) is 39.2 Å². The zero-order valence-corrected chi connectivity index (χ0v) is 17.2. The summed E-state index contributed by atoms with van der Waals surface area (Å²) in [4.78, 5) is 16.3. The van der Waals surface area contributed by atoms with Crippen LogP contribution in [-0.2, 0) is 4.74 Å². The molecule has 146 valence electrons. The average Bonchev–Trinajstić information content (AvgIpc) is 2.68. The maximum atomic E-state index is 12.0. The second-order valence-corrected chi connectivity index (χ2v) is 7.80. The van der Waals surface area contributed by atoms with E-state index in [0.29, 0.717) is 28.4 Å². The summed E-state index contributed by atoms with van der Waals surface area (Å²) in [5, 5.41) is 16.9. The summed E-state index contributed by atoms with van der Waals surface area (Å²) >= 11 is 3.33. The average molecular weight is 428 g/mol. The van der Waals surface area contributed by atoms with Crippen molar-refractivity contribution in [2.24, 2.45) is 5.92 Å². The zero-order valence-electron chi connectivity index (χ0n) is 15.6. The van der Waals surface area contributed by atoms with Gasteiger partial charge in [0.25, 0.3) is 0 Å². The number of rotatable bonds is 9. The summed E-state index contributed by atoms with van der Waals surface area (Å²) in [7, 11) is 1.35. The van der Waals surface area contributed by atoms with E-state index >= 15 is 0 Å². The third-order valence-corrected chi connectivity index (χ3v) is 5.52. The van der Waals surface area contributed by atoms with Crippen LogP contribution in [0.2, 0.25) is 0 Å². The number of aromatic nitrogens is 1. The smallest absolute Gasteiger partial charge is 0.341 e. The second-order valence-electron chi connectivity index (χ2n) is 6.88. The maximum absolute atomic E-state index is 12.0. The number of esters is 1. The minimum Gasteiger partial charge on any atom is -0.465 e. The van der Waals surface area contributed by atoms with E-state index in [1.807, 2.05) is 0 Å². The van der Waals surface area contributed by atoms with E-state index in [1.54, 1.807) is 12.3 Å². The molecule has 0 saturated heterocycles. The number of carbonyl (C=O) groups excluding carboxylic acids is 1. The molecule has 1 heterocycles. The molecule has 0 spiro atoms. The molecule has 0 aliphatic heterocycles. The summed E-state index contributed by atoms with van der Waals surface area (Å²) in [5.74, 6) is 0.0816. The quantitative estimate of drug-likeness (QED) is 0.524.